The van der Waals surface area contributed by atoms with Crippen molar-refractivity contribution >= 4 is 12.4 Å². The highest BCUT2D eigenvalue weighted by Gasteiger charge is 2.36. The Morgan fingerprint density at radius 2 is 2.00 bits per heavy atom. The lowest BCUT2D eigenvalue weighted by atomic mass is 9.72. The van der Waals surface area contributed by atoms with Crippen LogP contribution in [-0.4, -0.2) is 19.8 Å². The van der Waals surface area contributed by atoms with Crippen molar-refractivity contribution in [1.82, 2.24) is 5.32 Å². The first kappa shape index (κ1) is 10.3. The number of nitrogens with one attached hydrogen (secondary N) is 1. The Morgan fingerprint density at radius 3 is 2.50 bits per heavy atom. The molecule has 72 valence electrons. The summed E-state index contributed by atoms with van der Waals surface area (Å²) in [4.78, 5) is 0. The van der Waals surface area contributed by atoms with Gasteiger partial charge in [0.05, 0.1) is 6.67 Å². The maximum absolute atomic E-state index is 12.4. The van der Waals surface area contributed by atoms with E-state index in [1.54, 1.807) is 0 Å². The number of halogens is 2. The molecule has 12 heavy (non-hydrogen) atoms. The van der Waals surface area contributed by atoms with Gasteiger partial charge in [-0.25, -0.2) is 0 Å². The van der Waals surface area contributed by atoms with Gasteiger partial charge in [0.2, 0.25) is 0 Å². The Hall–Kier alpha value is 0.180. The molecule has 1 saturated heterocycles. The highest BCUT2D eigenvalue weighted by Crippen LogP contribution is 2.38. The van der Waals surface area contributed by atoms with Gasteiger partial charge >= 0.3 is 0 Å². The Bertz CT molecular complexity index is 138. The van der Waals surface area contributed by atoms with E-state index in [1.165, 1.54) is 19.3 Å². The maximum atomic E-state index is 12.4. The van der Waals surface area contributed by atoms with Crippen LogP contribution in [0.1, 0.15) is 19.3 Å². The van der Waals surface area contributed by atoms with E-state index in [-0.39, 0.29) is 19.1 Å². The molecule has 0 radical (unpaired) electrons. The highest BCUT2D eigenvalue weighted by molar-refractivity contribution is 5.85. The first-order valence-corrected chi connectivity index (χ1v) is 4.68. The van der Waals surface area contributed by atoms with E-state index in [0.29, 0.717) is 11.8 Å². The number of hydrogen-bond donors (Lipinski definition) is 1. The summed E-state index contributed by atoms with van der Waals surface area (Å²) in [7, 11) is 0. The molecule has 3 heteroatoms. The second-order valence-corrected chi connectivity index (χ2v) is 3.93. The molecular formula is C9H17ClFN. The Balaban J connectivity index is 0.000000720. The quantitative estimate of drug-likeness (QED) is 0.708. The van der Waals surface area contributed by atoms with Crippen LogP contribution in [0.15, 0.2) is 0 Å². The van der Waals surface area contributed by atoms with Crippen LogP contribution in [0.2, 0.25) is 0 Å². The molecule has 2 unspecified atom stereocenters. The van der Waals surface area contributed by atoms with Crippen LogP contribution in [0.4, 0.5) is 4.39 Å². The zero-order valence-corrected chi connectivity index (χ0v) is 8.08. The molecule has 1 aliphatic heterocycles. The molecule has 2 atom stereocenters. The fourth-order valence-corrected chi connectivity index (χ4v) is 2.34. The van der Waals surface area contributed by atoms with Gasteiger partial charge in [0.1, 0.15) is 0 Å². The van der Waals surface area contributed by atoms with Crippen LogP contribution < -0.4 is 5.32 Å². The molecule has 2 rings (SSSR count). The van der Waals surface area contributed by atoms with E-state index in [2.05, 4.69) is 5.32 Å². The predicted molar refractivity (Wildman–Crippen MR) is 50.4 cm³/mol. The lowest BCUT2D eigenvalue weighted by Crippen LogP contribution is -2.28. The maximum Gasteiger partial charge on any atom is 0.0937 e. The molecule has 0 spiro atoms. The molecule has 0 aromatic carbocycles. The standard InChI is InChI=1S/C9H16FN.ClH/c10-4-8-5-11-6-9(8)7-2-1-3-7;/h7-9,11H,1-6H2;1H. The molecule has 1 nitrogen and oxygen atoms in total. The normalized spacial score (nSPS) is 35.8. The van der Waals surface area contributed by atoms with Gasteiger partial charge in [-0.15, -0.1) is 12.4 Å². The predicted octanol–water partition coefficient (Wildman–Crippen LogP) is 2.01. The Kier molecular flexibility index (Phi) is 3.78. The fraction of sp³-hybridized carbons (Fsp3) is 1.00. The summed E-state index contributed by atoms with van der Waals surface area (Å²) in [6.07, 6.45) is 4.08. The number of alkyl halides is 1. The highest BCUT2D eigenvalue weighted by atomic mass is 35.5. The summed E-state index contributed by atoms with van der Waals surface area (Å²) < 4.78 is 12.4. The Morgan fingerprint density at radius 1 is 1.25 bits per heavy atom. The van der Waals surface area contributed by atoms with Crippen molar-refractivity contribution in [3.63, 3.8) is 0 Å². The van der Waals surface area contributed by atoms with Crippen molar-refractivity contribution in [2.24, 2.45) is 17.8 Å². The van der Waals surface area contributed by atoms with E-state index in [0.717, 1.165) is 19.0 Å². The van der Waals surface area contributed by atoms with Crippen LogP contribution in [0.3, 0.4) is 0 Å². The minimum atomic E-state index is -0.117. The van der Waals surface area contributed by atoms with Crippen molar-refractivity contribution in [2.75, 3.05) is 19.8 Å². The first-order chi connectivity index (χ1) is 5.42. The first-order valence-electron chi connectivity index (χ1n) is 4.68. The van der Waals surface area contributed by atoms with Crippen LogP contribution in [0.5, 0.6) is 0 Å². The lowest BCUT2D eigenvalue weighted by Gasteiger charge is -2.33. The third-order valence-corrected chi connectivity index (χ3v) is 3.35. The van der Waals surface area contributed by atoms with Gasteiger partial charge in [0.15, 0.2) is 0 Å². The summed E-state index contributed by atoms with van der Waals surface area (Å²) >= 11 is 0. The summed E-state index contributed by atoms with van der Waals surface area (Å²) in [5.74, 6) is 1.85. The molecule has 2 fully saturated rings. The van der Waals surface area contributed by atoms with Gasteiger partial charge in [-0.3, -0.25) is 4.39 Å². The molecular weight excluding hydrogens is 177 g/mol. The van der Waals surface area contributed by atoms with Crippen molar-refractivity contribution < 1.29 is 4.39 Å². The van der Waals surface area contributed by atoms with Crippen molar-refractivity contribution in [3.05, 3.63) is 0 Å². The molecule has 1 heterocycles. The van der Waals surface area contributed by atoms with Gasteiger partial charge in [-0.1, -0.05) is 19.3 Å². The minimum Gasteiger partial charge on any atom is -0.316 e. The van der Waals surface area contributed by atoms with Crippen molar-refractivity contribution in [3.8, 4) is 0 Å². The molecule has 0 aromatic rings. The number of rotatable bonds is 2. The molecule has 1 aliphatic carbocycles. The van der Waals surface area contributed by atoms with E-state index < -0.39 is 0 Å². The third kappa shape index (κ3) is 1.74. The van der Waals surface area contributed by atoms with Gasteiger partial charge in [-0.05, 0) is 18.4 Å². The minimum absolute atomic E-state index is 0. The van der Waals surface area contributed by atoms with Gasteiger partial charge in [0.25, 0.3) is 0 Å². The summed E-state index contributed by atoms with van der Waals surface area (Å²) in [6, 6.07) is 0. The van der Waals surface area contributed by atoms with Gasteiger partial charge in [0, 0.05) is 12.5 Å². The van der Waals surface area contributed by atoms with E-state index in [9.17, 15) is 4.39 Å². The second kappa shape index (κ2) is 4.43. The monoisotopic (exact) mass is 193 g/mol. The zero-order valence-electron chi connectivity index (χ0n) is 7.26. The fourth-order valence-electron chi connectivity index (χ4n) is 2.34. The number of hydrogen-bond acceptors (Lipinski definition) is 1. The molecule has 1 N–H and O–H groups in total. The topological polar surface area (TPSA) is 12.0 Å². The van der Waals surface area contributed by atoms with Gasteiger partial charge in [-0.2, -0.15) is 0 Å². The van der Waals surface area contributed by atoms with Crippen LogP contribution in [-0.2, 0) is 0 Å². The summed E-state index contributed by atoms with van der Waals surface area (Å²) in [5.41, 5.74) is 0. The average Bonchev–Trinajstić information content (AvgIpc) is 2.32. The van der Waals surface area contributed by atoms with Crippen molar-refractivity contribution in [2.45, 2.75) is 19.3 Å². The van der Waals surface area contributed by atoms with Crippen LogP contribution in [0, 0.1) is 17.8 Å². The van der Waals surface area contributed by atoms with Crippen molar-refractivity contribution in [1.29, 1.82) is 0 Å². The van der Waals surface area contributed by atoms with Crippen LogP contribution >= 0.6 is 12.4 Å². The lowest BCUT2D eigenvalue weighted by molar-refractivity contribution is 0.161. The molecule has 1 saturated carbocycles. The summed E-state index contributed by atoms with van der Waals surface area (Å²) in [6.45, 7) is 1.87. The third-order valence-electron chi connectivity index (χ3n) is 3.35. The molecule has 0 bridgehead atoms. The molecule has 0 aromatic heterocycles. The SMILES string of the molecule is Cl.FCC1CNCC1C1CCC1. The molecule has 0 amide bonds. The zero-order chi connectivity index (χ0) is 7.68. The largest absolute Gasteiger partial charge is 0.316 e. The van der Waals surface area contributed by atoms with Gasteiger partial charge < -0.3 is 5.32 Å². The smallest absolute Gasteiger partial charge is 0.0937 e. The second-order valence-electron chi connectivity index (χ2n) is 3.93. The van der Waals surface area contributed by atoms with E-state index in [4.69, 9.17) is 0 Å². The summed E-state index contributed by atoms with van der Waals surface area (Å²) in [5, 5.41) is 3.28. The van der Waals surface area contributed by atoms with Crippen LogP contribution in [0.25, 0.3) is 0 Å². The van der Waals surface area contributed by atoms with E-state index >= 15 is 0 Å². The van der Waals surface area contributed by atoms with E-state index in [1.807, 2.05) is 0 Å². The average molecular weight is 194 g/mol. The molecule has 2 aliphatic rings. The Labute approximate surface area is 79.5 Å².